The smallest absolute Gasteiger partial charge is 0.335 e. The first-order chi connectivity index (χ1) is 13.0. The van der Waals surface area contributed by atoms with Gasteiger partial charge in [0.25, 0.3) is 5.89 Å². The summed E-state index contributed by atoms with van der Waals surface area (Å²) in [6, 6.07) is 15.8. The largest absolute Gasteiger partial charge is 0.478 e. The number of benzene rings is 2. The Morgan fingerprint density at radius 3 is 2.59 bits per heavy atom. The molecular weight excluding hydrogens is 347 g/mol. The zero-order valence-corrected chi connectivity index (χ0v) is 14.2. The van der Waals surface area contributed by atoms with Crippen LogP contribution in [0.4, 0.5) is 4.39 Å². The number of carboxylic acid groups (broad SMARTS) is 1. The van der Waals surface area contributed by atoms with Gasteiger partial charge in [-0.15, -0.1) is 0 Å². The van der Waals surface area contributed by atoms with Crippen molar-refractivity contribution in [2.24, 2.45) is 0 Å². The summed E-state index contributed by atoms with van der Waals surface area (Å²) in [5.74, 6) is -1.06. The van der Waals surface area contributed by atoms with E-state index < -0.39 is 11.6 Å². The van der Waals surface area contributed by atoms with Gasteiger partial charge in [0.15, 0.2) is 0 Å². The Balaban J connectivity index is 1.59. The summed E-state index contributed by atoms with van der Waals surface area (Å²) < 4.78 is 20.4. The van der Waals surface area contributed by atoms with Gasteiger partial charge in [0.2, 0.25) is 11.5 Å². The van der Waals surface area contributed by atoms with Crippen LogP contribution in [0.25, 0.3) is 17.0 Å². The van der Waals surface area contributed by atoms with Gasteiger partial charge >= 0.3 is 5.97 Å². The van der Waals surface area contributed by atoms with Gasteiger partial charge in [0.1, 0.15) is 0 Å². The molecule has 1 atom stereocenters. The molecular formula is C21H15FN2O3. The number of alkyl halides is 1. The fourth-order valence-electron chi connectivity index (χ4n) is 2.92. The Kier molecular flexibility index (Phi) is 4.16. The molecule has 0 fully saturated rings. The third kappa shape index (κ3) is 3.29. The summed E-state index contributed by atoms with van der Waals surface area (Å²) in [6.45, 7) is 0. The number of aromatic carboxylic acids is 1. The molecule has 134 valence electrons. The van der Waals surface area contributed by atoms with Crippen molar-refractivity contribution in [2.75, 3.05) is 0 Å². The molecule has 2 aromatic carbocycles. The highest BCUT2D eigenvalue weighted by Crippen LogP contribution is 2.37. The van der Waals surface area contributed by atoms with Gasteiger partial charge in [0, 0.05) is 12.0 Å². The molecule has 1 aliphatic carbocycles. The van der Waals surface area contributed by atoms with Crippen LogP contribution in [0, 0.1) is 0 Å². The molecule has 0 spiro atoms. The lowest BCUT2D eigenvalue weighted by Gasteiger charge is -2.20. The number of carbonyl (C=O) groups is 1. The molecule has 4 rings (SSSR count). The molecule has 0 saturated heterocycles. The number of hydrogen-bond acceptors (Lipinski definition) is 4. The molecule has 3 aromatic rings. The van der Waals surface area contributed by atoms with Crippen LogP contribution >= 0.6 is 0 Å². The monoisotopic (exact) mass is 362 g/mol. The Labute approximate surface area is 154 Å². The van der Waals surface area contributed by atoms with E-state index in [9.17, 15) is 4.79 Å². The first kappa shape index (κ1) is 16.9. The van der Waals surface area contributed by atoms with Crippen LogP contribution in [0.5, 0.6) is 0 Å². The summed E-state index contributed by atoms with van der Waals surface area (Å²) in [5.41, 5.74) is 0.592. The van der Waals surface area contributed by atoms with Crippen LogP contribution in [0.3, 0.4) is 0 Å². The zero-order chi connectivity index (χ0) is 18.9. The molecule has 1 aromatic heterocycles. The van der Waals surface area contributed by atoms with Crippen molar-refractivity contribution < 1.29 is 18.8 Å². The molecule has 0 aliphatic heterocycles. The van der Waals surface area contributed by atoms with E-state index in [-0.39, 0.29) is 23.7 Å². The van der Waals surface area contributed by atoms with Gasteiger partial charge in [0.05, 0.1) is 5.56 Å². The van der Waals surface area contributed by atoms with Crippen LogP contribution in [0.15, 0.2) is 77.3 Å². The van der Waals surface area contributed by atoms with E-state index in [4.69, 9.17) is 9.63 Å². The molecule has 1 unspecified atom stereocenters. The van der Waals surface area contributed by atoms with Crippen molar-refractivity contribution in [1.29, 1.82) is 0 Å². The lowest BCUT2D eigenvalue weighted by atomic mass is 9.91. The maximum absolute atomic E-state index is 15.3. The van der Waals surface area contributed by atoms with Gasteiger partial charge in [-0.25, -0.2) is 9.18 Å². The quantitative estimate of drug-likeness (QED) is 0.731. The Bertz CT molecular complexity index is 1060. The minimum Gasteiger partial charge on any atom is -0.478 e. The second-order valence-electron chi connectivity index (χ2n) is 6.23. The summed E-state index contributed by atoms with van der Waals surface area (Å²) in [5, 5.41) is 12.9. The Hall–Kier alpha value is -3.54. The van der Waals surface area contributed by atoms with Gasteiger partial charge in [-0.1, -0.05) is 59.8 Å². The van der Waals surface area contributed by atoms with Crippen LogP contribution in [0.1, 0.15) is 28.2 Å². The summed E-state index contributed by atoms with van der Waals surface area (Å²) in [7, 11) is 0. The van der Waals surface area contributed by atoms with Crippen molar-refractivity contribution in [3.05, 3.63) is 89.8 Å². The first-order valence-electron chi connectivity index (χ1n) is 8.37. The van der Waals surface area contributed by atoms with Crippen LogP contribution < -0.4 is 0 Å². The number of allylic oxidation sites excluding steroid dienone is 4. The third-order valence-corrected chi connectivity index (χ3v) is 4.40. The Morgan fingerprint density at radius 2 is 1.89 bits per heavy atom. The van der Waals surface area contributed by atoms with Crippen molar-refractivity contribution in [3.8, 4) is 11.4 Å². The van der Waals surface area contributed by atoms with E-state index in [2.05, 4.69) is 10.1 Å². The van der Waals surface area contributed by atoms with E-state index in [0.29, 0.717) is 5.56 Å². The second kappa shape index (κ2) is 6.64. The van der Waals surface area contributed by atoms with Crippen molar-refractivity contribution in [1.82, 2.24) is 10.1 Å². The molecule has 0 radical (unpaired) electrons. The average Bonchev–Trinajstić information content (AvgIpc) is 3.21. The molecule has 0 amide bonds. The summed E-state index contributed by atoms with van der Waals surface area (Å²) in [4.78, 5) is 15.2. The molecule has 1 N–H and O–H groups in total. The average molecular weight is 362 g/mol. The number of aromatic nitrogens is 2. The van der Waals surface area contributed by atoms with Crippen LogP contribution in [0.2, 0.25) is 0 Å². The van der Waals surface area contributed by atoms with Gasteiger partial charge in [-0.2, -0.15) is 4.98 Å². The highest BCUT2D eigenvalue weighted by atomic mass is 19.1. The normalized spacial score (nSPS) is 18.9. The maximum Gasteiger partial charge on any atom is 0.335 e. The molecule has 5 nitrogen and oxygen atoms in total. The van der Waals surface area contributed by atoms with Gasteiger partial charge < -0.3 is 9.63 Å². The topological polar surface area (TPSA) is 76.2 Å². The molecule has 1 heterocycles. The highest BCUT2D eigenvalue weighted by molar-refractivity contribution is 5.89. The number of nitrogens with zero attached hydrogens (tertiary/aromatic N) is 2. The van der Waals surface area contributed by atoms with E-state index in [1.165, 1.54) is 18.2 Å². The van der Waals surface area contributed by atoms with E-state index in [1.807, 2.05) is 30.3 Å². The number of rotatable bonds is 4. The molecule has 0 bridgehead atoms. The summed E-state index contributed by atoms with van der Waals surface area (Å²) >= 11 is 0. The lowest BCUT2D eigenvalue weighted by Crippen LogP contribution is -2.19. The van der Waals surface area contributed by atoms with Crippen LogP contribution in [-0.4, -0.2) is 21.2 Å². The first-order valence-corrected chi connectivity index (χ1v) is 8.37. The predicted molar refractivity (Wildman–Crippen MR) is 97.7 cm³/mol. The van der Waals surface area contributed by atoms with Crippen LogP contribution in [-0.2, 0) is 5.67 Å². The SMILES string of the molecule is O=C(O)c1cccc(-c2noc(C3(F)C=CC(c4ccccc4)=CC3)n2)c1. The van der Waals surface area contributed by atoms with Crippen molar-refractivity contribution >= 4 is 11.5 Å². The minimum absolute atomic E-state index is 0.0739. The molecule has 1 aliphatic rings. The predicted octanol–water partition coefficient (Wildman–Crippen LogP) is 4.64. The fourth-order valence-corrected chi connectivity index (χ4v) is 2.92. The van der Waals surface area contributed by atoms with E-state index in [0.717, 1.165) is 11.1 Å². The fraction of sp³-hybridized carbons (Fsp3) is 0.0952. The van der Waals surface area contributed by atoms with E-state index in [1.54, 1.807) is 24.3 Å². The molecule has 6 heteroatoms. The third-order valence-electron chi connectivity index (χ3n) is 4.40. The van der Waals surface area contributed by atoms with Gasteiger partial charge in [-0.05, 0) is 29.3 Å². The number of hydrogen-bond donors (Lipinski definition) is 1. The maximum atomic E-state index is 15.3. The highest BCUT2D eigenvalue weighted by Gasteiger charge is 2.36. The zero-order valence-electron chi connectivity index (χ0n) is 14.2. The lowest BCUT2D eigenvalue weighted by molar-refractivity contribution is 0.0697. The van der Waals surface area contributed by atoms with E-state index >= 15 is 4.39 Å². The Morgan fingerprint density at radius 1 is 1.11 bits per heavy atom. The number of carboxylic acids is 1. The molecule has 27 heavy (non-hydrogen) atoms. The van der Waals surface area contributed by atoms with Gasteiger partial charge in [-0.3, -0.25) is 0 Å². The second-order valence-corrected chi connectivity index (χ2v) is 6.23. The number of halogens is 1. The minimum atomic E-state index is -1.89. The molecule has 0 saturated carbocycles. The standard InChI is InChI=1S/C21H15FN2O3/c22-21(11-9-15(10-12-21)14-5-2-1-3-6-14)20-23-18(24-27-20)16-7-4-8-17(13-16)19(25)26/h1-11,13H,12H2,(H,25,26). The van der Waals surface area contributed by atoms with Crippen molar-refractivity contribution in [2.45, 2.75) is 12.1 Å². The summed E-state index contributed by atoms with van der Waals surface area (Å²) in [6.07, 6.45) is 4.99. The van der Waals surface area contributed by atoms with Crippen molar-refractivity contribution in [3.63, 3.8) is 0 Å².